The molecule has 8 heteroatoms. The fourth-order valence-electron chi connectivity index (χ4n) is 2.39. The summed E-state index contributed by atoms with van der Waals surface area (Å²) in [7, 11) is -3.60. The molecule has 1 amide bonds. The Morgan fingerprint density at radius 3 is 2.52 bits per heavy atom. The number of nitrogens with one attached hydrogen (secondary N) is 1. The third-order valence-electron chi connectivity index (χ3n) is 3.58. The Bertz CT molecular complexity index is 900. The van der Waals surface area contributed by atoms with Crippen LogP contribution in [0.15, 0.2) is 48.5 Å². The number of carbonyl (C=O) groups is 1. The Morgan fingerprint density at radius 1 is 1.19 bits per heavy atom. The molecule has 0 aliphatic rings. The Morgan fingerprint density at radius 2 is 1.89 bits per heavy atom. The van der Waals surface area contributed by atoms with E-state index in [2.05, 4.69) is 5.32 Å². The highest BCUT2D eigenvalue weighted by Crippen LogP contribution is 2.20. The second-order valence-corrected chi connectivity index (χ2v) is 8.75. The van der Waals surface area contributed by atoms with Crippen molar-refractivity contribution in [2.45, 2.75) is 26.5 Å². The normalized spacial score (nSPS) is 11.6. The molecule has 0 bridgehead atoms. The van der Waals surface area contributed by atoms with Crippen molar-refractivity contribution in [1.29, 1.82) is 0 Å². The quantitative estimate of drug-likeness (QED) is 0.722. The highest BCUT2D eigenvalue weighted by Gasteiger charge is 2.21. The van der Waals surface area contributed by atoms with Gasteiger partial charge in [-0.2, -0.15) is 4.31 Å². The highest BCUT2D eigenvalue weighted by molar-refractivity contribution is 7.88. The van der Waals surface area contributed by atoms with Gasteiger partial charge in [0.15, 0.2) is 0 Å². The number of anilines is 1. The van der Waals surface area contributed by atoms with E-state index in [4.69, 9.17) is 16.3 Å². The highest BCUT2D eigenvalue weighted by atomic mass is 35.5. The molecule has 2 rings (SSSR count). The molecule has 0 aromatic heterocycles. The van der Waals surface area contributed by atoms with Crippen LogP contribution in [0.5, 0.6) is 5.75 Å². The molecule has 0 radical (unpaired) electrons. The lowest BCUT2D eigenvalue weighted by atomic mass is 10.2. The Balaban J connectivity index is 2.09. The third kappa shape index (κ3) is 6.86. The van der Waals surface area contributed by atoms with E-state index in [0.717, 1.165) is 10.6 Å². The number of nitrogens with zero attached hydrogens (tertiary/aromatic N) is 1. The fraction of sp³-hybridized carbons (Fsp3) is 0.316. The van der Waals surface area contributed by atoms with E-state index in [9.17, 15) is 13.2 Å². The van der Waals surface area contributed by atoms with Crippen LogP contribution in [0, 0.1) is 0 Å². The average Bonchev–Trinajstić information content (AvgIpc) is 2.55. The SMILES string of the molecule is CC(C)Oc1cccc(NC(=O)CN(Cc2ccccc2Cl)S(C)(=O)=O)c1. The van der Waals surface area contributed by atoms with Gasteiger partial charge in [-0.15, -0.1) is 0 Å². The summed E-state index contributed by atoms with van der Waals surface area (Å²) in [5, 5.41) is 3.15. The van der Waals surface area contributed by atoms with Crippen LogP contribution in [0.4, 0.5) is 5.69 Å². The van der Waals surface area contributed by atoms with Gasteiger partial charge in [0.05, 0.1) is 18.9 Å². The largest absolute Gasteiger partial charge is 0.491 e. The van der Waals surface area contributed by atoms with Gasteiger partial charge < -0.3 is 10.1 Å². The maximum Gasteiger partial charge on any atom is 0.239 e. The van der Waals surface area contributed by atoms with Crippen LogP contribution in [0.3, 0.4) is 0 Å². The molecule has 0 aliphatic carbocycles. The van der Waals surface area contributed by atoms with Crippen LogP contribution in [0.2, 0.25) is 5.02 Å². The maximum atomic E-state index is 12.4. The minimum atomic E-state index is -3.60. The van der Waals surface area contributed by atoms with Crippen molar-refractivity contribution in [3.8, 4) is 5.75 Å². The summed E-state index contributed by atoms with van der Waals surface area (Å²) in [5.41, 5.74) is 1.16. The van der Waals surface area contributed by atoms with Gasteiger partial charge in [0, 0.05) is 23.3 Å². The van der Waals surface area contributed by atoms with Crippen LogP contribution < -0.4 is 10.1 Å². The molecule has 2 aromatic rings. The lowest BCUT2D eigenvalue weighted by molar-refractivity contribution is -0.116. The van der Waals surface area contributed by atoms with Crippen LogP contribution in [0.25, 0.3) is 0 Å². The molecule has 0 spiro atoms. The lowest BCUT2D eigenvalue weighted by Crippen LogP contribution is -2.37. The zero-order valence-corrected chi connectivity index (χ0v) is 17.0. The molecule has 0 heterocycles. The van der Waals surface area contributed by atoms with Gasteiger partial charge >= 0.3 is 0 Å². The van der Waals surface area contributed by atoms with Crippen LogP contribution >= 0.6 is 11.6 Å². The van der Waals surface area contributed by atoms with Crippen molar-refractivity contribution in [3.05, 3.63) is 59.1 Å². The van der Waals surface area contributed by atoms with E-state index in [1.807, 2.05) is 13.8 Å². The van der Waals surface area contributed by atoms with Gasteiger partial charge in [-0.1, -0.05) is 35.9 Å². The van der Waals surface area contributed by atoms with E-state index in [0.29, 0.717) is 22.0 Å². The minimum Gasteiger partial charge on any atom is -0.491 e. The first-order valence-corrected chi connectivity index (χ1v) is 10.6. The first-order chi connectivity index (χ1) is 12.6. The molecule has 2 aromatic carbocycles. The fourth-order valence-corrected chi connectivity index (χ4v) is 3.31. The van der Waals surface area contributed by atoms with Crippen molar-refractivity contribution < 1.29 is 17.9 Å². The lowest BCUT2D eigenvalue weighted by Gasteiger charge is -2.20. The van der Waals surface area contributed by atoms with Crippen LogP contribution in [0.1, 0.15) is 19.4 Å². The molecule has 146 valence electrons. The molecule has 0 atom stereocenters. The minimum absolute atomic E-state index is 0.00676. The van der Waals surface area contributed by atoms with Gasteiger partial charge in [0.2, 0.25) is 15.9 Å². The molecule has 6 nitrogen and oxygen atoms in total. The number of halogens is 1. The number of ether oxygens (including phenoxy) is 1. The Labute approximate surface area is 165 Å². The summed E-state index contributed by atoms with van der Waals surface area (Å²) in [6, 6.07) is 13.9. The molecule has 27 heavy (non-hydrogen) atoms. The number of amides is 1. The first-order valence-electron chi connectivity index (χ1n) is 8.40. The predicted octanol–water partition coefficient (Wildman–Crippen LogP) is 3.53. The van der Waals surface area contributed by atoms with E-state index in [-0.39, 0.29) is 19.2 Å². The van der Waals surface area contributed by atoms with Crippen molar-refractivity contribution in [1.82, 2.24) is 4.31 Å². The van der Waals surface area contributed by atoms with Gasteiger partial charge in [0.25, 0.3) is 0 Å². The van der Waals surface area contributed by atoms with Gasteiger partial charge in [-0.25, -0.2) is 8.42 Å². The summed E-state index contributed by atoms with van der Waals surface area (Å²) in [4.78, 5) is 12.4. The number of hydrogen-bond acceptors (Lipinski definition) is 4. The summed E-state index contributed by atoms with van der Waals surface area (Å²) in [5.74, 6) is 0.174. The molecule has 0 saturated heterocycles. The van der Waals surface area contributed by atoms with E-state index >= 15 is 0 Å². The molecule has 1 N–H and O–H groups in total. The van der Waals surface area contributed by atoms with Crippen molar-refractivity contribution in [3.63, 3.8) is 0 Å². The van der Waals surface area contributed by atoms with Crippen LogP contribution in [-0.2, 0) is 21.4 Å². The Kier molecular flexibility index (Phi) is 7.24. The number of benzene rings is 2. The van der Waals surface area contributed by atoms with Gasteiger partial charge in [-0.3, -0.25) is 4.79 Å². The summed E-state index contributed by atoms with van der Waals surface area (Å²) in [6.45, 7) is 3.51. The number of hydrogen-bond donors (Lipinski definition) is 1. The Hall–Kier alpha value is -2.09. The molecule has 0 unspecified atom stereocenters. The predicted molar refractivity (Wildman–Crippen MR) is 108 cm³/mol. The molecule has 0 saturated carbocycles. The van der Waals surface area contributed by atoms with E-state index in [1.54, 1.807) is 48.5 Å². The molecule has 0 aliphatic heterocycles. The third-order valence-corrected chi connectivity index (χ3v) is 5.15. The summed E-state index contributed by atoms with van der Waals surface area (Å²) in [6.07, 6.45) is 1.07. The summed E-state index contributed by atoms with van der Waals surface area (Å²) >= 11 is 6.11. The smallest absolute Gasteiger partial charge is 0.239 e. The molecule has 0 fully saturated rings. The average molecular weight is 411 g/mol. The second-order valence-electron chi connectivity index (χ2n) is 6.37. The van der Waals surface area contributed by atoms with Gasteiger partial charge in [0.1, 0.15) is 5.75 Å². The topological polar surface area (TPSA) is 75.7 Å². The standard InChI is InChI=1S/C19H23ClN2O4S/c1-14(2)26-17-9-6-8-16(11-17)21-19(23)13-22(27(3,24)25)12-15-7-4-5-10-18(15)20/h4-11,14H,12-13H2,1-3H3,(H,21,23). The molecular weight excluding hydrogens is 388 g/mol. The monoisotopic (exact) mass is 410 g/mol. The number of sulfonamides is 1. The maximum absolute atomic E-state index is 12.4. The summed E-state index contributed by atoms with van der Waals surface area (Å²) < 4.78 is 30.9. The van der Waals surface area contributed by atoms with Crippen molar-refractivity contribution in [2.24, 2.45) is 0 Å². The van der Waals surface area contributed by atoms with Crippen molar-refractivity contribution in [2.75, 3.05) is 18.1 Å². The van der Waals surface area contributed by atoms with Gasteiger partial charge in [-0.05, 0) is 37.6 Å². The first kappa shape index (κ1) is 21.2. The zero-order chi connectivity index (χ0) is 20.0. The number of rotatable bonds is 8. The van der Waals surface area contributed by atoms with E-state index in [1.165, 1.54) is 0 Å². The van der Waals surface area contributed by atoms with Crippen LogP contribution in [-0.4, -0.2) is 37.5 Å². The molecular formula is C19H23ClN2O4S. The second kappa shape index (κ2) is 9.21. The van der Waals surface area contributed by atoms with E-state index < -0.39 is 15.9 Å². The number of carbonyl (C=O) groups excluding carboxylic acids is 1. The zero-order valence-electron chi connectivity index (χ0n) is 15.5. The van der Waals surface area contributed by atoms with Crippen molar-refractivity contribution >= 4 is 33.2 Å².